The number of nitrogen functional groups attached to an aromatic ring is 1. The predicted molar refractivity (Wildman–Crippen MR) is 60.3 cm³/mol. The first-order valence-electron chi connectivity index (χ1n) is 5.44. The van der Waals surface area contributed by atoms with Gasteiger partial charge in [-0.05, 0) is 0 Å². The van der Waals surface area contributed by atoms with E-state index in [1.165, 1.54) is 0 Å². The largest absolute Gasteiger partial charge is 0.478 e. The number of hydrogen-bond acceptors (Lipinski definition) is 9. The highest BCUT2D eigenvalue weighted by atomic mass is 16.6. The fraction of sp³-hybridized carbons (Fsp3) is 0.556. The van der Waals surface area contributed by atoms with Gasteiger partial charge in [-0.1, -0.05) is 0 Å². The highest BCUT2D eigenvalue weighted by Crippen LogP contribution is 2.34. The van der Waals surface area contributed by atoms with Crippen molar-refractivity contribution in [3.63, 3.8) is 0 Å². The van der Waals surface area contributed by atoms with Crippen LogP contribution in [0, 0.1) is 0 Å². The molecule has 1 aromatic heterocycles. The summed E-state index contributed by atoms with van der Waals surface area (Å²) >= 11 is 0. The molecule has 1 aliphatic heterocycles. The van der Waals surface area contributed by atoms with Gasteiger partial charge < -0.3 is 30.9 Å². The van der Waals surface area contributed by atoms with Gasteiger partial charge in [-0.25, -0.2) is 19.1 Å². The molecule has 20 heavy (non-hydrogen) atoms. The highest BCUT2D eigenvalue weighted by molar-refractivity contribution is 5.76. The number of ether oxygens (including phenoxy) is 1. The van der Waals surface area contributed by atoms with Gasteiger partial charge in [-0.2, -0.15) is 4.98 Å². The average Bonchev–Trinajstić information content (AvgIpc) is 2.64. The molecule has 0 saturated carbocycles. The molecule has 110 valence electrons. The van der Waals surface area contributed by atoms with Gasteiger partial charge in [0.25, 0.3) is 5.72 Å². The Labute approximate surface area is 110 Å². The molecule has 1 aliphatic rings. The number of carboxylic acids is 1. The molecule has 1 aromatic rings. The Morgan fingerprint density at radius 1 is 1.55 bits per heavy atom. The van der Waals surface area contributed by atoms with Crippen molar-refractivity contribution in [2.24, 2.45) is 0 Å². The van der Waals surface area contributed by atoms with E-state index in [1.54, 1.807) is 0 Å². The SMILES string of the molecule is Nc1ncn([C@]2(C(=O)O)O[C@H](CO)[C@@H](O)[C@H]2O)c(=O)n1. The van der Waals surface area contributed by atoms with E-state index in [1.807, 2.05) is 0 Å². The topological polar surface area (TPSA) is 181 Å². The first-order chi connectivity index (χ1) is 9.34. The first kappa shape index (κ1) is 14.3. The third-order valence-corrected chi connectivity index (χ3v) is 3.00. The normalized spacial score (nSPS) is 33.2. The zero-order valence-electron chi connectivity index (χ0n) is 9.95. The molecule has 0 aliphatic carbocycles. The summed E-state index contributed by atoms with van der Waals surface area (Å²) < 4.78 is 5.38. The predicted octanol–water partition coefficient (Wildman–Crippen LogP) is -3.93. The number of aromatic nitrogens is 3. The average molecular weight is 288 g/mol. The van der Waals surface area contributed by atoms with Crippen LogP contribution < -0.4 is 11.4 Å². The zero-order chi connectivity index (χ0) is 15.1. The van der Waals surface area contributed by atoms with Crippen molar-refractivity contribution in [1.82, 2.24) is 14.5 Å². The van der Waals surface area contributed by atoms with E-state index in [4.69, 9.17) is 15.6 Å². The molecule has 0 spiro atoms. The lowest BCUT2D eigenvalue weighted by molar-refractivity contribution is -0.196. The summed E-state index contributed by atoms with van der Waals surface area (Å²) in [7, 11) is 0. The molecule has 0 unspecified atom stereocenters. The number of carboxylic acid groups (broad SMARTS) is 1. The maximum absolute atomic E-state index is 11.7. The Morgan fingerprint density at radius 2 is 2.20 bits per heavy atom. The molecular weight excluding hydrogens is 276 g/mol. The molecule has 1 fully saturated rings. The second kappa shape index (κ2) is 4.79. The van der Waals surface area contributed by atoms with Gasteiger partial charge in [0.2, 0.25) is 5.95 Å². The smallest absolute Gasteiger partial charge is 0.361 e. The number of hydrogen-bond donors (Lipinski definition) is 5. The van der Waals surface area contributed by atoms with Gasteiger partial charge in [0.1, 0.15) is 24.6 Å². The Balaban J connectivity index is 2.62. The molecule has 2 heterocycles. The number of carbonyl (C=O) groups is 1. The summed E-state index contributed by atoms with van der Waals surface area (Å²) in [6.07, 6.45) is -4.37. The van der Waals surface area contributed by atoms with E-state index in [0.717, 1.165) is 6.33 Å². The Kier molecular flexibility index (Phi) is 3.43. The van der Waals surface area contributed by atoms with Crippen molar-refractivity contribution in [3.8, 4) is 0 Å². The van der Waals surface area contributed by atoms with Gasteiger partial charge in [-0.3, -0.25) is 0 Å². The standard InChI is InChI=1S/C9H12N4O7/c10-7-11-2-13(8(19)12-7)9(6(17)18)5(16)4(15)3(1-14)20-9/h2-5,14-16H,1H2,(H,17,18)(H2,10,12,19)/t3-,4-,5-,9+/m1/s1. The lowest BCUT2D eigenvalue weighted by atomic mass is 10.0. The maximum Gasteiger partial charge on any atom is 0.361 e. The molecule has 0 aromatic carbocycles. The molecular formula is C9H12N4O7. The minimum absolute atomic E-state index is 0.390. The van der Waals surface area contributed by atoms with Gasteiger partial charge in [0.15, 0.2) is 0 Å². The highest BCUT2D eigenvalue weighted by Gasteiger charge is 2.61. The molecule has 0 bridgehead atoms. The number of nitrogens with zero attached hydrogens (tertiary/aromatic N) is 3. The summed E-state index contributed by atoms with van der Waals surface area (Å²) in [6.45, 7) is -0.752. The van der Waals surface area contributed by atoms with Crippen LogP contribution in [-0.4, -0.2) is 65.8 Å². The summed E-state index contributed by atoms with van der Waals surface area (Å²) in [5.74, 6) is -2.14. The minimum atomic E-state index is -2.64. The third kappa shape index (κ3) is 1.84. The number of anilines is 1. The monoisotopic (exact) mass is 288 g/mol. The fourth-order valence-electron chi connectivity index (χ4n) is 2.00. The number of rotatable bonds is 3. The van der Waals surface area contributed by atoms with Crippen molar-refractivity contribution in [2.45, 2.75) is 24.0 Å². The molecule has 1 saturated heterocycles. The minimum Gasteiger partial charge on any atom is -0.478 e. The van der Waals surface area contributed by atoms with E-state index in [9.17, 15) is 24.9 Å². The van der Waals surface area contributed by atoms with Crippen molar-refractivity contribution >= 4 is 11.9 Å². The van der Waals surface area contributed by atoms with Crippen LogP contribution in [-0.2, 0) is 15.3 Å². The van der Waals surface area contributed by atoms with Gasteiger partial charge in [0, 0.05) is 0 Å². The zero-order valence-corrected chi connectivity index (χ0v) is 9.95. The van der Waals surface area contributed by atoms with Crippen LogP contribution in [0.4, 0.5) is 5.95 Å². The van der Waals surface area contributed by atoms with Crippen LogP contribution in [0.15, 0.2) is 11.1 Å². The molecule has 0 radical (unpaired) electrons. The molecule has 11 heteroatoms. The maximum atomic E-state index is 11.7. The van der Waals surface area contributed by atoms with Crippen LogP contribution in [0.3, 0.4) is 0 Å². The molecule has 11 nitrogen and oxygen atoms in total. The van der Waals surface area contributed by atoms with E-state index >= 15 is 0 Å². The lowest BCUT2D eigenvalue weighted by Gasteiger charge is -2.28. The van der Waals surface area contributed by atoms with Crippen LogP contribution in [0.25, 0.3) is 0 Å². The van der Waals surface area contributed by atoms with Crippen molar-refractivity contribution < 1.29 is 30.0 Å². The Bertz CT molecular complexity index is 590. The van der Waals surface area contributed by atoms with E-state index in [0.29, 0.717) is 4.57 Å². The molecule has 4 atom stereocenters. The summed E-state index contributed by atoms with van der Waals surface area (Å²) in [5, 5.41) is 37.9. The Morgan fingerprint density at radius 3 is 2.65 bits per heavy atom. The van der Waals surface area contributed by atoms with E-state index in [-0.39, 0.29) is 0 Å². The number of aliphatic hydroxyl groups excluding tert-OH is 3. The number of nitrogens with two attached hydrogens (primary N) is 1. The summed E-state index contributed by atoms with van der Waals surface area (Å²) in [5.41, 5.74) is 1.41. The van der Waals surface area contributed by atoms with Crippen molar-refractivity contribution in [2.75, 3.05) is 12.3 Å². The quantitative estimate of drug-likeness (QED) is 0.368. The summed E-state index contributed by atoms with van der Waals surface area (Å²) in [6, 6.07) is 0. The lowest BCUT2D eigenvalue weighted by Crippen LogP contribution is -2.56. The van der Waals surface area contributed by atoms with Crippen LogP contribution in [0.5, 0.6) is 0 Å². The van der Waals surface area contributed by atoms with Crippen molar-refractivity contribution in [3.05, 3.63) is 16.8 Å². The number of aliphatic hydroxyl groups is 3. The van der Waals surface area contributed by atoms with Gasteiger partial charge in [0.05, 0.1) is 6.61 Å². The second-order valence-corrected chi connectivity index (χ2v) is 4.14. The van der Waals surface area contributed by atoms with Gasteiger partial charge in [-0.15, -0.1) is 0 Å². The molecule has 0 amide bonds. The third-order valence-electron chi connectivity index (χ3n) is 3.00. The summed E-state index contributed by atoms with van der Waals surface area (Å²) in [4.78, 5) is 29.9. The Hall–Kier alpha value is -2.08. The van der Waals surface area contributed by atoms with Crippen LogP contribution in [0.1, 0.15) is 0 Å². The van der Waals surface area contributed by atoms with Crippen LogP contribution >= 0.6 is 0 Å². The van der Waals surface area contributed by atoms with E-state index in [2.05, 4.69) is 9.97 Å². The van der Waals surface area contributed by atoms with Crippen molar-refractivity contribution in [1.29, 1.82) is 0 Å². The molecule has 6 N–H and O–H groups in total. The second-order valence-electron chi connectivity index (χ2n) is 4.14. The first-order valence-corrected chi connectivity index (χ1v) is 5.44. The van der Waals surface area contributed by atoms with E-state index < -0.39 is 48.3 Å². The molecule has 2 rings (SSSR count). The van der Waals surface area contributed by atoms with Gasteiger partial charge >= 0.3 is 11.7 Å². The number of aliphatic carboxylic acids is 1. The fourth-order valence-corrected chi connectivity index (χ4v) is 2.00. The van der Waals surface area contributed by atoms with Crippen LogP contribution in [0.2, 0.25) is 0 Å².